The predicted octanol–water partition coefficient (Wildman–Crippen LogP) is 2.68. The van der Waals surface area contributed by atoms with Crippen molar-refractivity contribution in [2.24, 2.45) is 7.05 Å². The van der Waals surface area contributed by atoms with Gasteiger partial charge in [-0.2, -0.15) is 5.10 Å². The molecule has 5 nitrogen and oxygen atoms in total. The molecule has 0 aliphatic rings. The second-order valence-corrected chi connectivity index (χ2v) is 7.23. The Morgan fingerprint density at radius 3 is 2.50 bits per heavy atom. The molecule has 22 heavy (non-hydrogen) atoms. The van der Waals surface area contributed by atoms with Gasteiger partial charge in [0, 0.05) is 13.6 Å². The number of sulfonamides is 1. The van der Waals surface area contributed by atoms with Crippen LogP contribution in [0.15, 0.2) is 35.2 Å². The Balaban J connectivity index is 1.86. The summed E-state index contributed by atoms with van der Waals surface area (Å²) in [7, 11) is -1.99. The molecule has 2 rings (SSSR count). The molecule has 120 valence electrons. The Morgan fingerprint density at radius 2 is 1.91 bits per heavy atom. The van der Waals surface area contributed by atoms with Crippen LogP contribution in [0.5, 0.6) is 0 Å². The highest BCUT2D eigenvalue weighted by atomic mass is 35.5. The molecule has 0 saturated heterocycles. The lowest BCUT2D eigenvalue weighted by molar-refractivity contribution is 0.576. The quantitative estimate of drug-likeness (QED) is 0.787. The van der Waals surface area contributed by atoms with E-state index in [-0.39, 0.29) is 10.0 Å². The molecule has 0 saturated carbocycles. The molecule has 1 heterocycles. The van der Waals surface area contributed by atoms with Gasteiger partial charge in [0.05, 0.1) is 5.69 Å². The molecule has 1 aromatic carbocycles. The average molecular weight is 342 g/mol. The maximum Gasteiger partial charge on any atom is 0.245 e. The second-order valence-electron chi connectivity index (χ2n) is 5.17. The zero-order valence-electron chi connectivity index (χ0n) is 12.7. The summed E-state index contributed by atoms with van der Waals surface area (Å²) < 4.78 is 28.5. The summed E-state index contributed by atoms with van der Waals surface area (Å²) in [6, 6.07) is 10.1. The standard InChI is InChI=1S/C15H20ClN3O2S/c1-12-14(15(16)19(2)18-12)22(20,21)17-11-7-6-10-13-8-4-3-5-9-13/h3-5,8-9,17H,6-7,10-11H2,1-2H3. The molecule has 0 unspecified atom stereocenters. The fraction of sp³-hybridized carbons (Fsp3) is 0.400. The summed E-state index contributed by atoms with van der Waals surface area (Å²) in [6.45, 7) is 2.02. The lowest BCUT2D eigenvalue weighted by Gasteiger charge is -2.06. The topological polar surface area (TPSA) is 64.0 Å². The van der Waals surface area contributed by atoms with Crippen LogP contribution >= 0.6 is 11.6 Å². The molecule has 0 aliphatic heterocycles. The van der Waals surface area contributed by atoms with Crippen molar-refractivity contribution in [2.45, 2.75) is 31.1 Å². The molecule has 0 fully saturated rings. The predicted molar refractivity (Wildman–Crippen MR) is 87.5 cm³/mol. The number of nitrogens with one attached hydrogen (secondary N) is 1. The first-order chi connectivity index (χ1) is 10.4. The third kappa shape index (κ3) is 4.09. The van der Waals surface area contributed by atoms with E-state index in [1.54, 1.807) is 14.0 Å². The number of hydrogen-bond donors (Lipinski definition) is 1. The van der Waals surface area contributed by atoms with Crippen molar-refractivity contribution in [1.82, 2.24) is 14.5 Å². The Hall–Kier alpha value is -1.37. The molecule has 2 aromatic rings. The highest BCUT2D eigenvalue weighted by molar-refractivity contribution is 7.89. The first kappa shape index (κ1) is 17.0. The SMILES string of the molecule is Cc1nn(C)c(Cl)c1S(=O)(=O)NCCCCc1ccccc1. The van der Waals surface area contributed by atoms with Crippen molar-refractivity contribution in [2.75, 3.05) is 6.54 Å². The van der Waals surface area contributed by atoms with Gasteiger partial charge in [0.25, 0.3) is 0 Å². The first-order valence-electron chi connectivity index (χ1n) is 7.14. The fourth-order valence-electron chi connectivity index (χ4n) is 2.29. The Kier molecular flexibility index (Phi) is 5.61. The summed E-state index contributed by atoms with van der Waals surface area (Å²) in [4.78, 5) is 0.0692. The van der Waals surface area contributed by atoms with Crippen LogP contribution in [0.3, 0.4) is 0 Å². The number of hydrogen-bond acceptors (Lipinski definition) is 3. The third-order valence-electron chi connectivity index (χ3n) is 3.40. The van der Waals surface area contributed by atoms with Crippen molar-refractivity contribution >= 4 is 21.6 Å². The zero-order valence-corrected chi connectivity index (χ0v) is 14.3. The summed E-state index contributed by atoms with van der Waals surface area (Å²) in [6.07, 6.45) is 2.63. The van der Waals surface area contributed by atoms with E-state index in [9.17, 15) is 8.42 Å². The fourth-order valence-corrected chi connectivity index (χ4v) is 4.11. The van der Waals surface area contributed by atoms with E-state index in [1.807, 2.05) is 18.2 Å². The van der Waals surface area contributed by atoms with Crippen molar-refractivity contribution in [1.29, 1.82) is 0 Å². The minimum Gasteiger partial charge on any atom is -0.255 e. The average Bonchev–Trinajstić information content (AvgIpc) is 2.73. The first-order valence-corrected chi connectivity index (χ1v) is 9.00. The molecule has 0 atom stereocenters. The van der Waals surface area contributed by atoms with Crippen LogP contribution in [-0.2, 0) is 23.5 Å². The Bertz CT molecular complexity index is 727. The van der Waals surface area contributed by atoms with Crippen molar-refractivity contribution < 1.29 is 8.42 Å². The highest BCUT2D eigenvalue weighted by Crippen LogP contribution is 2.23. The normalized spacial score (nSPS) is 11.8. The van der Waals surface area contributed by atoms with Gasteiger partial charge in [-0.05, 0) is 31.7 Å². The molecule has 1 aromatic heterocycles. The van der Waals surface area contributed by atoms with Crippen LogP contribution in [0.25, 0.3) is 0 Å². The Labute approximate surface area is 136 Å². The molecule has 7 heteroatoms. The van der Waals surface area contributed by atoms with Crippen molar-refractivity contribution in [3.05, 3.63) is 46.7 Å². The van der Waals surface area contributed by atoms with Crippen molar-refractivity contribution in [3.8, 4) is 0 Å². The number of unbranched alkanes of at least 4 members (excludes halogenated alkanes) is 1. The highest BCUT2D eigenvalue weighted by Gasteiger charge is 2.24. The van der Waals surface area contributed by atoms with Gasteiger partial charge in [0.2, 0.25) is 10.0 Å². The molecule has 0 aliphatic carbocycles. The molecule has 0 bridgehead atoms. The minimum absolute atomic E-state index is 0.0692. The van der Waals surface area contributed by atoms with Gasteiger partial charge in [-0.3, -0.25) is 4.68 Å². The van der Waals surface area contributed by atoms with Crippen LogP contribution in [-0.4, -0.2) is 24.7 Å². The van der Waals surface area contributed by atoms with E-state index in [0.29, 0.717) is 12.2 Å². The molecule has 0 spiro atoms. The molecule has 0 amide bonds. The van der Waals surface area contributed by atoms with E-state index in [2.05, 4.69) is 22.0 Å². The van der Waals surface area contributed by atoms with Crippen molar-refractivity contribution in [3.63, 3.8) is 0 Å². The second kappa shape index (κ2) is 7.26. The molecular weight excluding hydrogens is 322 g/mol. The van der Waals surface area contributed by atoms with Crippen LogP contribution in [0.4, 0.5) is 0 Å². The Morgan fingerprint density at radius 1 is 1.23 bits per heavy atom. The van der Waals surface area contributed by atoms with Gasteiger partial charge >= 0.3 is 0 Å². The smallest absolute Gasteiger partial charge is 0.245 e. The van der Waals surface area contributed by atoms with Gasteiger partial charge < -0.3 is 0 Å². The number of nitrogens with zero attached hydrogens (tertiary/aromatic N) is 2. The van der Waals surface area contributed by atoms with E-state index in [4.69, 9.17) is 11.6 Å². The number of benzene rings is 1. The van der Waals surface area contributed by atoms with E-state index >= 15 is 0 Å². The number of aromatic nitrogens is 2. The minimum atomic E-state index is -3.61. The van der Waals surface area contributed by atoms with Gasteiger partial charge in [0.1, 0.15) is 10.0 Å². The largest absolute Gasteiger partial charge is 0.255 e. The zero-order chi connectivity index (χ0) is 16.2. The van der Waals surface area contributed by atoms with Crippen LogP contribution in [0.2, 0.25) is 5.15 Å². The van der Waals surface area contributed by atoms with Gasteiger partial charge in [-0.15, -0.1) is 0 Å². The maximum atomic E-state index is 12.3. The van der Waals surface area contributed by atoms with E-state index in [1.165, 1.54) is 10.2 Å². The summed E-state index contributed by atoms with van der Waals surface area (Å²) in [5, 5.41) is 4.16. The molecular formula is C15H20ClN3O2S. The van der Waals surface area contributed by atoms with Gasteiger partial charge in [-0.1, -0.05) is 41.9 Å². The summed E-state index contributed by atoms with van der Waals surface area (Å²) in [5.74, 6) is 0. The van der Waals surface area contributed by atoms with E-state index in [0.717, 1.165) is 19.3 Å². The van der Waals surface area contributed by atoms with Crippen LogP contribution in [0.1, 0.15) is 24.1 Å². The third-order valence-corrected chi connectivity index (χ3v) is 5.55. The summed E-state index contributed by atoms with van der Waals surface area (Å²) >= 11 is 6.00. The van der Waals surface area contributed by atoms with E-state index < -0.39 is 10.0 Å². The van der Waals surface area contributed by atoms with Crippen LogP contribution in [0, 0.1) is 6.92 Å². The molecule has 1 N–H and O–H groups in total. The monoisotopic (exact) mass is 341 g/mol. The maximum absolute atomic E-state index is 12.3. The summed E-state index contributed by atoms with van der Waals surface area (Å²) in [5.41, 5.74) is 1.67. The van der Waals surface area contributed by atoms with Gasteiger partial charge in [-0.25, -0.2) is 13.1 Å². The van der Waals surface area contributed by atoms with Crippen LogP contribution < -0.4 is 4.72 Å². The lowest BCUT2D eigenvalue weighted by Crippen LogP contribution is -2.25. The molecule has 0 radical (unpaired) electrons. The number of halogens is 1. The number of rotatable bonds is 7. The lowest BCUT2D eigenvalue weighted by atomic mass is 10.1. The number of aryl methyl sites for hydroxylation is 3. The van der Waals surface area contributed by atoms with Gasteiger partial charge in [0.15, 0.2) is 0 Å².